The van der Waals surface area contributed by atoms with Crippen molar-refractivity contribution < 1.29 is 22.9 Å². The van der Waals surface area contributed by atoms with Crippen molar-refractivity contribution in [2.75, 3.05) is 6.54 Å². The summed E-state index contributed by atoms with van der Waals surface area (Å²) >= 11 is 0. The van der Waals surface area contributed by atoms with Gasteiger partial charge in [-0.3, -0.25) is 9.59 Å². The van der Waals surface area contributed by atoms with Gasteiger partial charge in [0.05, 0.1) is 6.54 Å². The number of benzene rings is 2. The summed E-state index contributed by atoms with van der Waals surface area (Å²) in [6, 6.07) is 13.3. The first-order chi connectivity index (χ1) is 15.0. The molecular weight excluding hydrogens is 404 g/mol. The van der Waals surface area contributed by atoms with E-state index in [0.717, 1.165) is 30.5 Å². The molecule has 1 N–H and O–H groups in total. The van der Waals surface area contributed by atoms with Crippen molar-refractivity contribution in [1.82, 2.24) is 15.4 Å². The van der Waals surface area contributed by atoms with Crippen LogP contribution in [0.25, 0.3) is 0 Å². The fourth-order valence-corrected chi connectivity index (χ4v) is 3.20. The summed E-state index contributed by atoms with van der Waals surface area (Å²) in [4.78, 5) is 26.6. The van der Waals surface area contributed by atoms with E-state index in [9.17, 15) is 18.4 Å². The van der Waals surface area contributed by atoms with Gasteiger partial charge in [0.1, 0.15) is 11.6 Å². The highest BCUT2D eigenvalue weighted by molar-refractivity contribution is 5.94. The summed E-state index contributed by atoms with van der Waals surface area (Å²) in [5, 5.41) is 6.59. The number of carbonyl (C=O) groups is 2. The molecule has 1 heterocycles. The van der Waals surface area contributed by atoms with E-state index >= 15 is 0 Å². The Kier molecular flexibility index (Phi) is 6.06. The van der Waals surface area contributed by atoms with Crippen LogP contribution < -0.4 is 5.32 Å². The van der Waals surface area contributed by atoms with Crippen LogP contribution in [0.5, 0.6) is 0 Å². The van der Waals surface area contributed by atoms with Crippen LogP contribution in [0, 0.1) is 17.6 Å². The third-order valence-corrected chi connectivity index (χ3v) is 5.00. The molecule has 4 rings (SSSR count). The van der Waals surface area contributed by atoms with E-state index in [0.29, 0.717) is 18.5 Å². The number of rotatable bonds is 8. The van der Waals surface area contributed by atoms with E-state index in [2.05, 4.69) is 10.5 Å². The van der Waals surface area contributed by atoms with Crippen LogP contribution in [0.3, 0.4) is 0 Å². The Morgan fingerprint density at radius 3 is 2.42 bits per heavy atom. The molecule has 6 nitrogen and oxygen atoms in total. The molecule has 8 heteroatoms. The first kappa shape index (κ1) is 20.7. The Hall–Kier alpha value is -3.55. The molecule has 1 aliphatic carbocycles. The average Bonchev–Trinajstić information content (AvgIpc) is 3.47. The summed E-state index contributed by atoms with van der Waals surface area (Å²) < 4.78 is 32.6. The Labute approximate surface area is 177 Å². The summed E-state index contributed by atoms with van der Waals surface area (Å²) in [5.41, 5.74) is 0.838. The van der Waals surface area contributed by atoms with Gasteiger partial charge in [-0.15, -0.1) is 0 Å². The second kappa shape index (κ2) is 9.07. The van der Waals surface area contributed by atoms with Crippen molar-refractivity contribution in [1.29, 1.82) is 0 Å². The molecule has 0 radical (unpaired) electrons. The van der Waals surface area contributed by atoms with E-state index in [-0.39, 0.29) is 36.0 Å². The van der Waals surface area contributed by atoms with E-state index in [1.54, 1.807) is 0 Å². The molecule has 160 valence electrons. The molecule has 1 saturated carbocycles. The van der Waals surface area contributed by atoms with Crippen LogP contribution in [0.1, 0.15) is 45.0 Å². The highest BCUT2D eigenvalue weighted by Crippen LogP contribution is 2.27. The lowest BCUT2D eigenvalue weighted by molar-refractivity contribution is 0.0712. The standard InChI is InChI=1S/C23H21F2N3O3/c24-18-8-17(9-19(25)10-18)23(30)28(13-16-4-2-1-3-5-16)14-20-11-21(27-31-20)22(29)26-12-15-6-7-15/h1-5,8-11,15H,6-7,12-14H2,(H,26,29). The van der Waals surface area contributed by atoms with Crippen LogP contribution in [-0.4, -0.2) is 28.4 Å². The summed E-state index contributed by atoms with van der Waals surface area (Å²) in [6.45, 7) is 0.765. The van der Waals surface area contributed by atoms with Gasteiger partial charge in [-0.25, -0.2) is 8.78 Å². The molecule has 0 unspecified atom stereocenters. The van der Waals surface area contributed by atoms with Crippen LogP contribution in [0.15, 0.2) is 59.1 Å². The van der Waals surface area contributed by atoms with Crippen LogP contribution in [-0.2, 0) is 13.1 Å². The quantitative estimate of drug-likeness (QED) is 0.593. The number of hydrogen-bond donors (Lipinski definition) is 1. The summed E-state index contributed by atoms with van der Waals surface area (Å²) in [6.07, 6.45) is 2.23. The third kappa shape index (κ3) is 5.53. The van der Waals surface area contributed by atoms with E-state index < -0.39 is 17.5 Å². The lowest BCUT2D eigenvalue weighted by Gasteiger charge is -2.22. The normalized spacial score (nSPS) is 13.1. The Morgan fingerprint density at radius 2 is 1.74 bits per heavy atom. The minimum atomic E-state index is -0.836. The van der Waals surface area contributed by atoms with Gasteiger partial charge in [0.25, 0.3) is 11.8 Å². The number of nitrogens with one attached hydrogen (secondary N) is 1. The number of amides is 2. The summed E-state index contributed by atoms with van der Waals surface area (Å²) in [5.74, 6) is -1.76. The van der Waals surface area contributed by atoms with Crippen LogP contribution >= 0.6 is 0 Å². The average molecular weight is 425 g/mol. The van der Waals surface area contributed by atoms with Gasteiger partial charge in [-0.1, -0.05) is 35.5 Å². The molecule has 0 aliphatic heterocycles. The highest BCUT2D eigenvalue weighted by atomic mass is 19.1. The minimum Gasteiger partial charge on any atom is -0.359 e. The van der Waals surface area contributed by atoms with Gasteiger partial charge in [-0.05, 0) is 36.5 Å². The second-order valence-electron chi connectivity index (χ2n) is 7.64. The number of aromatic nitrogens is 1. The maximum absolute atomic E-state index is 13.6. The fourth-order valence-electron chi connectivity index (χ4n) is 3.20. The molecule has 1 aromatic heterocycles. The number of hydrogen-bond acceptors (Lipinski definition) is 4. The Morgan fingerprint density at radius 1 is 1.03 bits per heavy atom. The van der Waals surface area contributed by atoms with Crippen molar-refractivity contribution >= 4 is 11.8 Å². The van der Waals surface area contributed by atoms with Crippen LogP contribution in [0.4, 0.5) is 8.78 Å². The zero-order valence-corrected chi connectivity index (χ0v) is 16.7. The maximum Gasteiger partial charge on any atom is 0.273 e. The number of nitrogens with zero attached hydrogens (tertiary/aromatic N) is 2. The van der Waals surface area contributed by atoms with Crippen molar-refractivity contribution in [2.24, 2.45) is 5.92 Å². The summed E-state index contributed by atoms with van der Waals surface area (Å²) in [7, 11) is 0. The minimum absolute atomic E-state index is 0.0191. The molecule has 2 amide bonds. The van der Waals surface area contributed by atoms with E-state index in [1.165, 1.54) is 11.0 Å². The molecule has 0 spiro atoms. The molecule has 0 bridgehead atoms. The van der Waals surface area contributed by atoms with Crippen molar-refractivity contribution in [3.8, 4) is 0 Å². The lowest BCUT2D eigenvalue weighted by Crippen LogP contribution is -2.30. The highest BCUT2D eigenvalue weighted by Gasteiger charge is 2.24. The van der Waals surface area contributed by atoms with Crippen molar-refractivity contribution in [3.05, 3.63) is 88.8 Å². The molecule has 1 fully saturated rings. The van der Waals surface area contributed by atoms with Gasteiger partial charge >= 0.3 is 0 Å². The number of halogens is 2. The smallest absolute Gasteiger partial charge is 0.273 e. The van der Waals surface area contributed by atoms with Gasteiger partial charge < -0.3 is 14.7 Å². The largest absolute Gasteiger partial charge is 0.359 e. The molecule has 0 saturated heterocycles. The molecule has 1 aliphatic rings. The molecular formula is C23H21F2N3O3. The molecule has 2 aromatic carbocycles. The van der Waals surface area contributed by atoms with Gasteiger partial charge in [0.15, 0.2) is 11.5 Å². The molecule has 3 aromatic rings. The fraction of sp³-hybridized carbons (Fsp3) is 0.261. The van der Waals surface area contributed by atoms with Crippen LogP contribution in [0.2, 0.25) is 0 Å². The first-order valence-electron chi connectivity index (χ1n) is 10.0. The van der Waals surface area contributed by atoms with Gasteiger partial charge in [-0.2, -0.15) is 0 Å². The van der Waals surface area contributed by atoms with Crippen molar-refractivity contribution in [3.63, 3.8) is 0 Å². The van der Waals surface area contributed by atoms with Gasteiger partial charge in [0, 0.05) is 30.8 Å². The molecule has 31 heavy (non-hydrogen) atoms. The lowest BCUT2D eigenvalue weighted by atomic mass is 10.1. The SMILES string of the molecule is O=C(NCC1CC1)c1cc(CN(Cc2ccccc2)C(=O)c2cc(F)cc(F)c2)on1. The third-order valence-electron chi connectivity index (χ3n) is 5.00. The van der Waals surface area contributed by atoms with Crippen molar-refractivity contribution in [2.45, 2.75) is 25.9 Å². The molecule has 0 atom stereocenters. The van der Waals surface area contributed by atoms with E-state index in [1.807, 2.05) is 30.3 Å². The first-order valence-corrected chi connectivity index (χ1v) is 10.0. The predicted molar refractivity (Wildman–Crippen MR) is 108 cm³/mol. The Balaban J connectivity index is 1.52. The number of carbonyl (C=O) groups excluding carboxylic acids is 2. The second-order valence-corrected chi connectivity index (χ2v) is 7.64. The van der Waals surface area contributed by atoms with Gasteiger partial charge in [0.2, 0.25) is 0 Å². The predicted octanol–water partition coefficient (Wildman–Crippen LogP) is 3.94. The monoisotopic (exact) mass is 425 g/mol. The van der Waals surface area contributed by atoms with E-state index in [4.69, 9.17) is 4.52 Å². The zero-order valence-electron chi connectivity index (χ0n) is 16.7. The Bertz CT molecular complexity index is 1060. The maximum atomic E-state index is 13.6. The topological polar surface area (TPSA) is 75.4 Å². The zero-order chi connectivity index (χ0) is 21.8.